The summed E-state index contributed by atoms with van der Waals surface area (Å²) in [5.74, 6) is 0.520. The summed E-state index contributed by atoms with van der Waals surface area (Å²) in [6.45, 7) is 4.24. The van der Waals surface area contributed by atoms with Gasteiger partial charge in [-0.15, -0.1) is 0 Å². The molecule has 0 bridgehead atoms. The molecule has 1 aromatic carbocycles. The first-order valence-corrected chi connectivity index (χ1v) is 6.41. The number of hydrogen-bond donors (Lipinski definition) is 1. The molecule has 0 spiro atoms. The van der Waals surface area contributed by atoms with Crippen molar-refractivity contribution in [2.75, 3.05) is 7.11 Å². The molecule has 0 saturated heterocycles. The summed E-state index contributed by atoms with van der Waals surface area (Å²) in [6.07, 6.45) is 0.438. The van der Waals surface area contributed by atoms with E-state index in [0.717, 1.165) is 4.47 Å². The van der Waals surface area contributed by atoms with Gasteiger partial charge in [-0.05, 0) is 29.5 Å². The molecule has 0 aromatic heterocycles. The Morgan fingerprint density at radius 3 is 2.41 bits per heavy atom. The average molecular weight is 300 g/mol. The summed E-state index contributed by atoms with van der Waals surface area (Å²) in [5.41, 5.74) is 3.54. The Balaban J connectivity index is 2.79. The first-order chi connectivity index (χ1) is 8.04. The maximum absolute atomic E-state index is 11.6. The van der Waals surface area contributed by atoms with Crippen molar-refractivity contribution in [2.45, 2.75) is 26.2 Å². The summed E-state index contributed by atoms with van der Waals surface area (Å²) in [7, 11) is 1.45. The molecular formula is C13H18BrNO2. The van der Waals surface area contributed by atoms with E-state index < -0.39 is 0 Å². The predicted octanol–water partition coefficient (Wildman–Crippen LogP) is 3.26. The Bertz CT molecular complexity index is 362. The number of benzene rings is 1. The number of amides is 1. The largest absolute Gasteiger partial charge is 0.277 e. The number of halogens is 1. The van der Waals surface area contributed by atoms with Crippen LogP contribution in [0.5, 0.6) is 0 Å². The van der Waals surface area contributed by atoms with Crippen molar-refractivity contribution in [1.82, 2.24) is 5.48 Å². The van der Waals surface area contributed by atoms with E-state index in [0.29, 0.717) is 12.3 Å². The van der Waals surface area contributed by atoms with E-state index in [1.54, 1.807) is 0 Å². The molecule has 0 fully saturated rings. The fourth-order valence-electron chi connectivity index (χ4n) is 1.80. The smallest absolute Gasteiger partial charge is 0.244 e. The third kappa shape index (κ3) is 4.48. The van der Waals surface area contributed by atoms with Gasteiger partial charge in [-0.1, -0.05) is 41.9 Å². The molecule has 0 aliphatic rings. The molecule has 0 radical (unpaired) electrons. The minimum absolute atomic E-state index is 0.0888. The third-order valence-corrected chi connectivity index (χ3v) is 3.25. The fraction of sp³-hybridized carbons (Fsp3) is 0.462. The van der Waals surface area contributed by atoms with Gasteiger partial charge in [0, 0.05) is 10.9 Å². The lowest BCUT2D eigenvalue weighted by atomic mass is 9.86. The molecule has 0 saturated carbocycles. The highest BCUT2D eigenvalue weighted by Gasteiger charge is 2.19. The maximum Gasteiger partial charge on any atom is 0.244 e. The second-order valence-corrected chi connectivity index (χ2v) is 5.25. The second-order valence-electron chi connectivity index (χ2n) is 4.34. The molecule has 3 nitrogen and oxygen atoms in total. The van der Waals surface area contributed by atoms with Crippen molar-refractivity contribution in [1.29, 1.82) is 0 Å². The zero-order valence-electron chi connectivity index (χ0n) is 10.4. The van der Waals surface area contributed by atoms with Crippen LogP contribution in [0.2, 0.25) is 0 Å². The van der Waals surface area contributed by atoms with Gasteiger partial charge in [0.15, 0.2) is 0 Å². The molecule has 1 atom stereocenters. The van der Waals surface area contributed by atoms with Crippen molar-refractivity contribution in [2.24, 2.45) is 5.92 Å². The number of carbonyl (C=O) groups excluding carboxylic acids is 1. The molecule has 1 N–H and O–H groups in total. The highest BCUT2D eigenvalue weighted by molar-refractivity contribution is 9.10. The van der Waals surface area contributed by atoms with E-state index in [2.05, 4.69) is 52.2 Å². The molecular weight excluding hydrogens is 282 g/mol. The normalized spacial score (nSPS) is 12.5. The van der Waals surface area contributed by atoms with E-state index in [1.807, 2.05) is 12.1 Å². The topological polar surface area (TPSA) is 38.3 Å². The van der Waals surface area contributed by atoms with Crippen molar-refractivity contribution < 1.29 is 9.63 Å². The van der Waals surface area contributed by atoms with Crippen LogP contribution >= 0.6 is 15.9 Å². The van der Waals surface area contributed by atoms with Crippen LogP contribution in [0, 0.1) is 5.92 Å². The lowest BCUT2D eigenvalue weighted by molar-refractivity contribution is -0.131. The number of nitrogens with one attached hydrogen (secondary N) is 1. The number of carbonyl (C=O) groups is 1. The third-order valence-electron chi connectivity index (χ3n) is 2.72. The molecule has 1 amide bonds. The minimum atomic E-state index is -0.0888. The van der Waals surface area contributed by atoms with Crippen LogP contribution in [0.3, 0.4) is 0 Å². The highest BCUT2D eigenvalue weighted by atomic mass is 79.9. The van der Waals surface area contributed by atoms with Crippen LogP contribution in [0.15, 0.2) is 28.7 Å². The zero-order valence-corrected chi connectivity index (χ0v) is 12.0. The lowest BCUT2D eigenvalue weighted by Gasteiger charge is -2.20. The van der Waals surface area contributed by atoms with Crippen molar-refractivity contribution in [3.05, 3.63) is 34.3 Å². The standard InChI is InChI=1S/C13H18BrNO2/c1-9(2)12(8-13(16)15-17-3)10-4-6-11(14)7-5-10/h4-7,9,12H,8H2,1-3H3,(H,15,16). The quantitative estimate of drug-likeness (QED) is 0.848. The molecule has 1 aromatic rings. The van der Waals surface area contributed by atoms with Crippen LogP contribution in [0.25, 0.3) is 0 Å². The molecule has 94 valence electrons. The van der Waals surface area contributed by atoms with Crippen molar-refractivity contribution >= 4 is 21.8 Å². The van der Waals surface area contributed by atoms with E-state index in [-0.39, 0.29) is 11.8 Å². The predicted molar refractivity (Wildman–Crippen MR) is 71.5 cm³/mol. The zero-order chi connectivity index (χ0) is 12.8. The number of rotatable bonds is 5. The van der Waals surface area contributed by atoms with Gasteiger partial charge in [-0.3, -0.25) is 9.63 Å². The molecule has 0 aliphatic carbocycles. The lowest BCUT2D eigenvalue weighted by Crippen LogP contribution is -2.25. The molecule has 0 aliphatic heterocycles. The fourth-order valence-corrected chi connectivity index (χ4v) is 2.07. The van der Waals surface area contributed by atoms with Crippen LogP contribution in [-0.2, 0) is 9.63 Å². The minimum Gasteiger partial charge on any atom is -0.277 e. The molecule has 4 heteroatoms. The van der Waals surface area contributed by atoms with E-state index in [1.165, 1.54) is 12.7 Å². The highest BCUT2D eigenvalue weighted by Crippen LogP contribution is 2.28. The van der Waals surface area contributed by atoms with Gasteiger partial charge in [0.1, 0.15) is 0 Å². The van der Waals surface area contributed by atoms with Crippen molar-refractivity contribution in [3.8, 4) is 0 Å². The Kier molecular flexibility index (Phi) is 5.65. The van der Waals surface area contributed by atoms with Crippen LogP contribution in [0.1, 0.15) is 31.7 Å². The van der Waals surface area contributed by atoms with Gasteiger partial charge in [-0.2, -0.15) is 0 Å². The monoisotopic (exact) mass is 299 g/mol. The number of hydroxylamine groups is 1. The summed E-state index contributed by atoms with van der Waals surface area (Å²) < 4.78 is 1.05. The van der Waals surface area contributed by atoms with Gasteiger partial charge in [0.25, 0.3) is 0 Å². The summed E-state index contributed by atoms with van der Waals surface area (Å²) in [5, 5.41) is 0. The van der Waals surface area contributed by atoms with Gasteiger partial charge < -0.3 is 0 Å². The van der Waals surface area contributed by atoms with Crippen molar-refractivity contribution in [3.63, 3.8) is 0 Å². The summed E-state index contributed by atoms with van der Waals surface area (Å²) in [4.78, 5) is 16.2. The SMILES string of the molecule is CONC(=O)CC(c1ccc(Br)cc1)C(C)C. The Labute approximate surface area is 111 Å². The van der Waals surface area contributed by atoms with E-state index in [9.17, 15) is 4.79 Å². The van der Waals surface area contributed by atoms with Crippen LogP contribution < -0.4 is 5.48 Å². The maximum atomic E-state index is 11.6. The van der Waals surface area contributed by atoms with Gasteiger partial charge >= 0.3 is 0 Å². The Morgan fingerprint density at radius 2 is 1.94 bits per heavy atom. The Morgan fingerprint density at radius 1 is 1.35 bits per heavy atom. The average Bonchev–Trinajstić information content (AvgIpc) is 2.27. The second kappa shape index (κ2) is 6.77. The molecule has 17 heavy (non-hydrogen) atoms. The van der Waals surface area contributed by atoms with Crippen LogP contribution in [0.4, 0.5) is 0 Å². The van der Waals surface area contributed by atoms with E-state index >= 15 is 0 Å². The van der Waals surface area contributed by atoms with Crippen LogP contribution in [-0.4, -0.2) is 13.0 Å². The van der Waals surface area contributed by atoms with Gasteiger partial charge in [-0.25, -0.2) is 5.48 Å². The first kappa shape index (κ1) is 14.2. The summed E-state index contributed by atoms with van der Waals surface area (Å²) >= 11 is 3.41. The van der Waals surface area contributed by atoms with E-state index in [4.69, 9.17) is 0 Å². The van der Waals surface area contributed by atoms with Gasteiger partial charge in [0.05, 0.1) is 7.11 Å². The molecule has 1 rings (SSSR count). The first-order valence-electron chi connectivity index (χ1n) is 5.62. The summed E-state index contributed by atoms with van der Waals surface area (Å²) in [6, 6.07) is 8.10. The Hall–Kier alpha value is -0.870. The molecule has 1 unspecified atom stereocenters. The number of hydrogen-bond acceptors (Lipinski definition) is 2. The van der Waals surface area contributed by atoms with Gasteiger partial charge in [0.2, 0.25) is 5.91 Å². The molecule has 0 heterocycles.